The molecule has 0 aliphatic carbocycles. The first kappa shape index (κ1) is 11.9. The minimum Gasteiger partial charge on any atom is -0.431 e. The van der Waals surface area contributed by atoms with Gasteiger partial charge in [0.05, 0.1) is 5.69 Å². The lowest BCUT2D eigenvalue weighted by Gasteiger charge is -2.08. The van der Waals surface area contributed by atoms with E-state index >= 15 is 0 Å². The van der Waals surface area contributed by atoms with Gasteiger partial charge in [-0.2, -0.15) is 0 Å². The standard InChI is InChI=1S/C13H16N2OS/c1-7-6-12(8(2)5-11(7)14)16-13-15-9(3)10(4)17-13/h5-6H,14H2,1-4H3. The van der Waals surface area contributed by atoms with E-state index in [-0.39, 0.29) is 0 Å². The maximum Gasteiger partial charge on any atom is 0.279 e. The highest BCUT2D eigenvalue weighted by molar-refractivity contribution is 7.13. The molecule has 0 saturated carbocycles. The lowest BCUT2D eigenvalue weighted by atomic mass is 10.1. The number of rotatable bonds is 2. The lowest BCUT2D eigenvalue weighted by Crippen LogP contribution is -1.94. The fraction of sp³-hybridized carbons (Fsp3) is 0.308. The molecule has 0 bridgehead atoms. The van der Waals surface area contributed by atoms with Crippen LogP contribution in [0.3, 0.4) is 0 Å². The third kappa shape index (κ3) is 2.42. The SMILES string of the molecule is Cc1cc(Oc2nc(C)c(C)s2)c(C)cc1N. The predicted molar refractivity (Wildman–Crippen MR) is 72.0 cm³/mol. The summed E-state index contributed by atoms with van der Waals surface area (Å²) in [6, 6.07) is 3.88. The van der Waals surface area contributed by atoms with Crippen LogP contribution in [0.2, 0.25) is 0 Å². The Morgan fingerprint density at radius 2 is 1.82 bits per heavy atom. The molecule has 2 rings (SSSR count). The van der Waals surface area contributed by atoms with Gasteiger partial charge in [-0.15, -0.1) is 0 Å². The molecule has 1 heterocycles. The number of hydrogen-bond donors (Lipinski definition) is 1. The zero-order valence-corrected chi connectivity index (χ0v) is 11.3. The van der Waals surface area contributed by atoms with Gasteiger partial charge in [-0.05, 0) is 51.0 Å². The van der Waals surface area contributed by atoms with E-state index in [9.17, 15) is 0 Å². The molecule has 1 aromatic heterocycles. The molecule has 1 aromatic carbocycles. The third-order valence-electron chi connectivity index (χ3n) is 2.77. The Morgan fingerprint density at radius 3 is 2.41 bits per heavy atom. The van der Waals surface area contributed by atoms with E-state index in [0.717, 1.165) is 28.3 Å². The van der Waals surface area contributed by atoms with Gasteiger partial charge < -0.3 is 10.5 Å². The summed E-state index contributed by atoms with van der Waals surface area (Å²) < 4.78 is 5.80. The number of anilines is 1. The number of benzene rings is 1. The molecular weight excluding hydrogens is 232 g/mol. The summed E-state index contributed by atoms with van der Waals surface area (Å²) in [6.45, 7) is 7.99. The van der Waals surface area contributed by atoms with Crippen molar-refractivity contribution in [3.63, 3.8) is 0 Å². The molecule has 0 fully saturated rings. The van der Waals surface area contributed by atoms with Gasteiger partial charge in [0.25, 0.3) is 5.19 Å². The summed E-state index contributed by atoms with van der Waals surface area (Å²) in [5.41, 5.74) is 9.71. The Kier molecular flexibility index (Phi) is 3.07. The average Bonchev–Trinajstić information content (AvgIpc) is 2.55. The predicted octanol–water partition coefficient (Wildman–Crippen LogP) is 3.75. The summed E-state index contributed by atoms with van der Waals surface area (Å²) in [4.78, 5) is 5.55. The van der Waals surface area contributed by atoms with Crippen molar-refractivity contribution in [2.75, 3.05) is 5.73 Å². The van der Waals surface area contributed by atoms with E-state index < -0.39 is 0 Å². The minimum absolute atomic E-state index is 0.687. The molecule has 0 aliphatic heterocycles. The highest BCUT2D eigenvalue weighted by Crippen LogP contribution is 2.32. The van der Waals surface area contributed by atoms with Gasteiger partial charge in [-0.25, -0.2) is 4.98 Å². The van der Waals surface area contributed by atoms with Crippen LogP contribution in [0.5, 0.6) is 10.9 Å². The zero-order chi connectivity index (χ0) is 12.6. The smallest absolute Gasteiger partial charge is 0.279 e. The summed E-state index contributed by atoms with van der Waals surface area (Å²) >= 11 is 1.56. The monoisotopic (exact) mass is 248 g/mol. The third-order valence-corrected chi connectivity index (χ3v) is 3.72. The maximum absolute atomic E-state index is 5.84. The van der Waals surface area contributed by atoms with E-state index in [1.165, 1.54) is 4.88 Å². The molecule has 0 saturated heterocycles. The fourth-order valence-corrected chi connectivity index (χ4v) is 2.27. The van der Waals surface area contributed by atoms with E-state index in [2.05, 4.69) is 4.98 Å². The molecule has 2 aromatic rings. The van der Waals surface area contributed by atoms with Gasteiger partial charge >= 0.3 is 0 Å². The van der Waals surface area contributed by atoms with Crippen LogP contribution in [-0.4, -0.2) is 4.98 Å². The molecule has 0 aliphatic rings. The van der Waals surface area contributed by atoms with Crippen molar-refractivity contribution < 1.29 is 4.74 Å². The quantitative estimate of drug-likeness (QED) is 0.823. The summed E-state index contributed by atoms with van der Waals surface area (Å²) in [5.74, 6) is 0.824. The molecule has 90 valence electrons. The first-order valence-corrected chi connectivity index (χ1v) is 6.27. The molecular formula is C13H16N2OS. The van der Waals surface area contributed by atoms with Crippen molar-refractivity contribution >= 4 is 17.0 Å². The van der Waals surface area contributed by atoms with Crippen LogP contribution in [0.4, 0.5) is 5.69 Å². The van der Waals surface area contributed by atoms with Gasteiger partial charge in [0.2, 0.25) is 0 Å². The Balaban J connectivity index is 2.33. The summed E-state index contributed by atoms with van der Waals surface area (Å²) in [6.07, 6.45) is 0. The van der Waals surface area contributed by atoms with Crippen LogP contribution in [0.25, 0.3) is 0 Å². The van der Waals surface area contributed by atoms with Crippen molar-refractivity contribution in [2.45, 2.75) is 27.7 Å². The Labute approximate surface area is 105 Å². The van der Waals surface area contributed by atoms with Crippen molar-refractivity contribution in [3.05, 3.63) is 33.8 Å². The number of aryl methyl sites for hydroxylation is 4. The molecule has 2 N–H and O–H groups in total. The molecule has 17 heavy (non-hydrogen) atoms. The number of aromatic nitrogens is 1. The molecule has 3 nitrogen and oxygen atoms in total. The number of nitrogen functional groups attached to an aromatic ring is 1. The Hall–Kier alpha value is -1.55. The number of nitrogens with two attached hydrogens (primary N) is 1. The zero-order valence-electron chi connectivity index (χ0n) is 10.5. The van der Waals surface area contributed by atoms with Gasteiger partial charge in [-0.1, -0.05) is 11.3 Å². The second kappa shape index (κ2) is 4.37. The highest BCUT2D eigenvalue weighted by Gasteiger charge is 2.09. The first-order chi connectivity index (χ1) is 7.97. The van der Waals surface area contributed by atoms with Crippen LogP contribution in [-0.2, 0) is 0 Å². The molecule has 4 heteroatoms. The fourth-order valence-electron chi connectivity index (χ4n) is 1.50. The van der Waals surface area contributed by atoms with Crippen molar-refractivity contribution in [1.29, 1.82) is 0 Å². The number of ether oxygens (including phenoxy) is 1. The van der Waals surface area contributed by atoms with Crippen molar-refractivity contribution in [2.24, 2.45) is 0 Å². The molecule has 0 atom stereocenters. The van der Waals surface area contributed by atoms with E-state index in [1.807, 2.05) is 39.8 Å². The van der Waals surface area contributed by atoms with Gasteiger partial charge in [0, 0.05) is 10.6 Å². The van der Waals surface area contributed by atoms with Crippen LogP contribution in [0.15, 0.2) is 12.1 Å². The van der Waals surface area contributed by atoms with Crippen LogP contribution >= 0.6 is 11.3 Å². The molecule has 0 radical (unpaired) electrons. The maximum atomic E-state index is 5.84. The van der Waals surface area contributed by atoms with Gasteiger partial charge in [-0.3, -0.25) is 0 Å². The van der Waals surface area contributed by atoms with E-state index in [4.69, 9.17) is 10.5 Å². The normalized spacial score (nSPS) is 10.6. The summed E-state index contributed by atoms with van der Waals surface area (Å²) in [5, 5.41) is 0.687. The summed E-state index contributed by atoms with van der Waals surface area (Å²) in [7, 11) is 0. The van der Waals surface area contributed by atoms with Gasteiger partial charge in [0.1, 0.15) is 5.75 Å². The van der Waals surface area contributed by atoms with Gasteiger partial charge in [0.15, 0.2) is 0 Å². The molecule has 0 unspecified atom stereocenters. The van der Waals surface area contributed by atoms with Crippen molar-refractivity contribution in [3.8, 4) is 10.9 Å². The van der Waals surface area contributed by atoms with E-state index in [0.29, 0.717) is 5.19 Å². The Morgan fingerprint density at radius 1 is 1.12 bits per heavy atom. The van der Waals surface area contributed by atoms with Crippen molar-refractivity contribution in [1.82, 2.24) is 4.98 Å². The van der Waals surface area contributed by atoms with E-state index in [1.54, 1.807) is 11.3 Å². The van der Waals surface area contributed by atoms with Crippen LogP contribution in [0.1, 0.15) is 21.7 Å². The first-order valence-electron chi connectivity index (χ1n) is 5.46. The Bertz CT molecular complexity index is 541. The second-order valence-electron chi connectivity index (χ2n) is 4.20. The highest BCUT2D eigenvalue weighted by atomic mass is 32.1. The largest absolute Gasteiger partial charge is 0.431 e. The van der Waals surface area contributed by atoms with Crippen LogP contribution in [0, 0.1) is 27.7 Å². The lowest BCUT2D eigenvalue weighted by molar-refractivity contribution is 0.474. The number of thiazole rings is 1. The topological polar surface area (TPSA) is 48.1 Å². The number of hydrogen-bond acceptors (Lipinski definition) is 4. The second-order valence-corrected chi connectivity index (χ2v) is 5.36. The number of nitrogens with zero attached hydrogens (tertiary/aromatic N) is 1. The minimum atomic E-state index is 0.687. The van der Waals surface area contributed by atoms with Crippen LogP contribution < -0.4 is 10.5 Å². The average molecular weight is 248 g/mol. The molecule has 0 spiro atoms. The molecule has 0 amide bonds.